The van der Waals surface area contributed by atoms with Crippen LogP contribution in [-0.2, 0) is 10.0 Å². The summed E-state index contributed by atoms with van der Waals surface area (Å²) in [7, 11) is -3.75. The molecule has 0 bridgehead atoms. The lowest BCUT2D eigenvalue weighted by Crippen LogP contribution is -2.15. The Labute approximate surface area is 129 Å². The number of nitrogens with one attached hydrogen (secondary N) is 1. The summed E-state index contributed by atoms with van der Waals surface area (Å²) >= 11 is 1.92. The number of hydrogen-bond donors (Lipinski definition) is 2. The molecule has 1 heterocycles. The number of nitrogens with zero attached hydrogens (tertiary/aromatic N) is 1. The zero-order chi connectivity index (χ0) is 14.8. The SMILES string of the molecule is NS(=O)(=O)c1ccc(NC(=O)c2ccccn2)c(I)c1. The first-order valence-corrected chi connectivity index (χ1v) is 8.05. The lowest BCUT2D eigenvalue weighted by Gasteiger charge is -2.08. The van der Waals surface area contributed by atoms with Gasteiger partial charge in [-0.15, -0.1) is 0 Å². The van der Waals surface area contributed by atoms with Gasteiger partial charge in [0.05, 0.1) is 10.6 Å². The minimum absolute atomic E-state index is 0.00210. The van der Waals surface area contributed by atoms with Crippen LogP contribution in [0.15, 0.2) is 47.5 Å². The smallest absolute Gasteiger partial charge is 0.274 e. The number of carbonyl (C=O) groups is 1. The summed E-state index contributed by atoms with van der Waals surface area (Å²) < 4.78 is 23.0. The van der Waals surface area contributed by atoms with Crippen LogP contribution in [0.2, 0.25) is 0 Å². The number of benzene rings is 1. The van der Waals surface area contributed by atoms with Gasteiger partial charge in [-0.2, -0.15) is 0 Å². The summed E-state index contributed by atoms with van der Waals surface area (Å²) in [6, 6.07) is 9.22. The lowest BCUT2D eigenvalue weighted by atomic mass is 10.3. The predicted molar refractivity (Wildman–Crippen MR) is 82.7 cm³/mol. The maximum absolute atomic E-state index is 11.9. The fraction of sp³-hybridized carbons (Fsp3) is 0. The van der Waals surface area contributed by atoms with E-state index in [4.69, 9.17) is 5.14 Å². The normalized spacial score (nSPS) is 11.1. The molecular weight excluding hydrogens is 393 g/mol. The summed E-state index contributed by atoms with van der Waals surface area (Å²) in [4.78, 5) is 15.9. The van der Waals surface area contributed by atoms with Crippen molar-refractivity contribution in [1.82, 2.24) is 4.98 Å². The number of primary sulfonamides is 1. The number of rotatable bonds is 3. The molecule has 1 aromatic carbocycles. The Bertz CT molecular complexity index is 748. The molecule has 2 aromatic rings. The van der Waals surface area contributed by atoms with Gasteiger partial charge in [-0.05, 0) is 52.9 Å². The zero-order valence-electron chi connectivity index (χ0n) is 10.1. The molecular formula is C12H10IN3O3S. The Morgan fingerprint density at radius 1 is 1.25 bits per heavy atom. The van der Waals surface area contributed by atoms with Crippen LogP contribution in [0, 0.1) is 3.57 Å². The predicted octanol–water partition coefficient (Wildman–Crippen LogP) is 1.59. The van der Waals surface area contributed by atoms with Crippen LogP contribution < -0.4 is 10.5 Å². The highest BCUT2D eigenvalue weighted by molar-refractivity contribution is 14.1. The van der Waals surface area contributed by atoms with Gasteiger partial charge >= 0.3 is 0 Å². The van der Waals surface area contributed by atoms with E-state index < -0.39 is 10.0 Å². The number of amides is 1. The van der Waals surface area contributed by atoms with E-state index >= 15 is 0 Å². The lowest BCUT2D eigenvalue weighted by molar-refractivity contribution is 0.102. The molecule has 0 saturated heterocycles. The summed E-state index contributed by atoms with van der Waals surface area (Å²) in [5.41, 5.74) is 0.771. The maximum atomic E-state index is 11.9. The van der Waals surface area contributed by atoms with Gasteiger partial charge < -0.3 is 5.32 Å². The van der Waals surface area contributed by atoms with Crippen molar-refractivity contribution in [3.63, 3.8) is 0 Å². The Morgan fingerprint density at radius 2 is 2.00 bits per heavy atom. The fourth-order valence-corrected chi connectivity index (χ4v) is 2.86. The van der Waals surface area contributed by atoms with Crippen LogP contribution in [0.3, 0.4) is 0 Å². The van der Waals surface area contributed by atoms with Crippen LogP contribution in [-0.4, -0.2) is 19.3 Å². The van der Waals surface area contributed by atoms with Gasteiger partial charge in [0.15, 0.2) is 0 Å². The van der Waals surface area contributed by atoms with Gasteiger partial charge in [0.25, 0.3) is 5.91 Å². The van der Waals surface area contributed by atoms with Gasteiger partial charge in [-0.3, -0.25) is 9.78 Å². The summed E-state index contributed by atoms with van der Waals surface area (Å²) in [6.07, 6.45) is 1.52. The average Bonchev–Trinajstić information content (AvgIpc) is 2.41. The van der Waals surface area contributed by atoms with Gasteiger partial charge in [-0.25, -0.2) is 13.6 Å². The van der Waals surface area contributed by atoms with E-state index in [2.05, 4.69) is 10.3 Å². The highest BCUT2D eigenvalue weighted by Crippen LogP contribution is 2.22. The third-order valence-corrected chi connectivity index (χ3v) is 4.22. The number of aromatic nitrogens is 1. The third-order valence-electron chi connectivity index (χ3n) is 2.41. The Balaban J connectivity index is 2.25. The maximum Gasteiger partial charge on any atom is 0.274 e. The highest BCUT2D eigenvalue weighted by atomic mass is 127. The number of nitrogens with two attached hydrogens (primary N) is 1. The molecule has 0 unspecified atom stereocenters. The number of anilines is 1. The van der Waals surface area contributed by atoms with E-state index in [0.717, 1.165) is 0 Å². The van der Waals surface area contributed by atoms with Crippen molar-refractivity contribution in [3.8, 4) is 0 Å². The number of hydrogen-bond acceptors (Lipinski definition) is 4. The van der Waals surface area contributed by atoms with Crippen LogP contribution in [0.1, 0.15) is 10.5 Å². The average molecular weight is 403 g/mol. The second-order valence-corrected chi connectivity index (χ2v) is 6.58. The van der Waals surface area contributed by atoms with Crippen LogP contribution in [0.25, 0.3) is 0 Å². The fourth-order valence-electron chi connectivity index (χ4n) is 1.46. The minimum atomic E-state index is -3.75. The molecule has 0 saturated carbocycles. The van der Waals surface area contributed by atoms with E-state index in [1.165, 1.54) is 24.4 Å². The second kappa shape index (κ2) is 5.85. The van der Waals surface area contributed by atoms with Crippen molar-refractivity contribution < 1.29 is 13.2 Å². The van der Waals surface area contributed by atoms with Gasteiger partial charge in [0.2, 0.25) is 10.0 Å². The van der Waals surface area contributed by atoms with Crippen molar-refractivity contribution in [2.45, 2.75) is 4.90 Å². The highest BCUT2D eigenvalue weighted by Gasteiger charge is 2.13. The second-order valence-electron chi connectivity index (χ2n) is 3.86. The van der Waals surface area contributed by atoms with E-state index in [0.29, 0.717) is 9.26 Å². The number of sulfonamides is 1. The summed E-state index contributed by atoms with van der Waals surface area (Å²) in [6.45, 7) is 0. The molecule has 0 radical (unpaired) electrons. The minimum Gasteiger partial charge on any atom is -0.320 e. The summed E-state index contributed by atoms with van der Waals surface area (Å²) in [5, 5.41) is 7.70. The first-order chi connectivity index (χ1) is 9.38. The van der Waals surface area contributed by atoms with E-state index in [1.54, 1.807) is 18.2 Å². The molecule has 1 aromatic heterocycles. The van der Waals surface area contributed by atoms with E-state index in [1.807, 2.05) is 22.6 Å². The summed E-state index contributed by atoms with van der Waals surface area (Å²) in [5.74, 6) is -0.369. The van der Waals surface area contributed by atoms with Gasteiger partial charge in [0, 0.05) is 9.77 Å². The quantitative estimate of drug-likeness (QED) is 0.760. The molecule has 0 aliphatic carbocycles. The van der Waals surface area contributed by atoms with Crippen LogP contribution in [0.5, 0.6) is 0 Å². The molecule has 1 amide bonds. The monoisotopic (exact) mass is 403 g/mol. The molecule has 0 spiro atoms. The van der Waals surface area contributed by atoms with Crippen molar-refractivity contribution in [3.05, 3.63) is 51.9 Å². The molecule has 0 aliphatic heterocycles. The third kappa shape index (κ3) is 3.52. The largest absolute Gasteiger partial charge is 0.320 e. The molecule has 0 fully saturated rings. The van der Waals surface area contributed by atoms with Crippen molar-refractivity contribution in [1.29, 1.82) is 0 Å². The molecule has 3 N–H and O–H groups in total. The van der Waals surface area contributed by atoms with Crippen molar-refractivity contribution in [2.75, 3.05) is 5.32 Å². The van der Waals surface area contributed by atoms with Crippen molar-refractivity contribution >= 4 is 44.2 Å². The number of halogens is 1. The molecule has 0 aliphatic rings. The number of pyridine rings is 1. The van der Waals surface area contributed by atoms with E-state index in [9.17, 15) is 13.2 Å². The first kappa shape index (κ1) is 14.9. The standard InChI is InChI=1S/C12H10IN3O3S/c13-9-7-8(20(14,18)19)4-5-10(9)16-12(17)11-3-1-2-6-15-11/h1-7H,(H,16,17)(H2,14,18,19). The molecule has 8 heteroatoms. The Hall–Kier alpha value is -1.52. The van der Waals surface area contributed by atoms with Gasteiger partial charge in [-0.1, -0.05) is 6.07 Å². The first-order valence-electron chi connectivity index (χ1n) is 5.42. The van der Waals surface area contributed by atoms with E-state index in [-0.39, 0.29) is 16.5 Å². The Morgan fingerprint density at radius 3 is 2.55 bits per heavy atom. The zero-order valence-corrected chi connectivity index (χ0v) is 13.1. The molecule has 104 valence electrons. The van der Waals surface area contributed by atoms with Gasteiger partial charge in [0.1, 0.15) is 5.69 Å². The molecule has 20 heavy (non-hydrogen) atoms. The molecule has 0 atom stereocenters. The topological polar surface area (TPSA) is 102 Å². The Kier molecular flexibility index (Phi) is 4.35. The van der Waals surface area contributed by atoms with Crippen LogP contribution in [0.4, 0.5) is 5.69 Å². The molecule has 2 rings (SSSR count). The van der Waals surface area contributed by atoms with Crippen LogP contribution >= 0.6 is 22.6 Å². The number of carbonyl (C=O) groups excluding carboxylic acids is 1. The molecule has 6 nitrogen and oxygen atoms in total. The van der Waals surface area contributed by atoms with Crippen molar-refractivity contribution in [2.24, 2.45) is 5.14 Å².